The van der Waals surface area contributed by atoms with Gasteiger partial charge in [0, 0.05) is 24.1 Å². The first-order chi connectivity index (χ1) is 18.7. The number of piperidine rings is 1. The van der Waals surface area contributed by atoms with Crippen molar-refractivity contribution in [3.05, 3.63) is 71.2 Å². The maximum Gasteiger partial charge on any atom is 0.242 e. The highest BCUT2D eigenvalue weighted by Gasteiger charge is 2.40. The fourth-order valence-corrected chi connectivity index (χ4v) is 6.48. The van der Waals surface area contributed by atoms with E-state index in [9.17, 15) is 14.0 Å². The standard InChI is InChI=1S/C30H35FN4O3S/c1-30(2,3)28-26-27(20-9-8-10-21(31)17-20)39-19-25(37)34(18-24(36)33-15-6-5-7-16-33)29(26)35(32-28)22-11-13-23(38-4)14-12-22/h8-14,17,27H,5-7,15-16,18-19H2,1-4H3. The lowest BCUT2D eigenvalue weighted by atomic mass is 9.87. The lowest BCUT2D eigenvalue weighted by molar-refractivity contribution is -0.132. The SMILES string of the molecule is COc1ccc(-n2nc(C(C)(C)C)c3c2N(CC(=O)N2CCCCC2)C(=O)CSC3c2cccc(F)c2)cc1. The monoisotopic (exact) mass is 550 g/mol. The summed E-state index contributed by atoms with van der Waals surface area (Å²) in [4.78, 5) is 30.7. The van der Waals surface area contributed by atoms with E-state index in [1.54, 1.807) is 22.8 Å². The summed E-state index contributed by atoms with van der Waals surface area (Å²) < 4.78 is 21.6. The van der Waals surface area contributed by atoms with E-state index >= 15 is 0 Å². The van der Waals surface area contributed by atoms with Crippen LogP contribution in [-0.4, -0.2) is 59.0 Å². The second-order valence-corrected chi connectivity index (χ2v) is 12.2. The molecule has 0 aliphatic carbocycles. The summed E-state index contributed by atoms with van der Waals surface area (Å²) in [6.45, 7) is 7.60. The van der Waals surface area contributed by atoms with Gasteiger partial charge in [0.2, 0.25) is 11.8 Å². The summed E-state index contributed by atoms with van der Waals surface area (Å²) in [7, 11) is 1.61. The van der Waals surface area contributed by atoms with Crippen molar-refractivity contribution in [2.75, 3.05) is 37.4 Å². The Morgan fingerprint density at radius 1 is 1.10 bits per heavy atom. The molecule has 0 N–H and O–H groups in total. The molecule has 0 bridgehead atoms. The Labute approximate surface area is 233 Å². The lowest BCUT2D eigenvalue weighted by Crippen LogP contribution is -2.45. The highest BCUT2D eigenvalue weighted by Crippen LogP contribution is 2.48. The van der Waals surface area contributed by atoms with Crippen LogP contribution in [-0.2, 0) is 15.0 Å². The van der Waals surface area contributed by atoms with E-state index in [1.807, 2.05) is 35.2 Å². The largest absolute Gasteiger partial charge is 0.497 e. The molecule has 0 saturated carbocycles. The molecule has 3 heterocycles. The fourth-order valence-electron chi connectivity index (χ4n) is 5.29. The maximum absolute atomic E-state index is 14.4. The number of carbonyl (C=O) groups is 2. The van der Waals surface area contributed by atoms with Crippen LogP contribution in [0.1, 0.15) is 62.1 Å². The van der Waals surface area contributed by atoms with Crippen molar-refractivity contribution in [3.8, 4) is 11.4 Å². The fraction of sp³-hybridized carbons (Fsp3) is 0.433. The number of ether oxygens (including phenoxy) is 1. The lowest BCUT2D eigenvalue weighted by Gasteiger charge is -2.30. The van der Waals surface area contributed by atoms with Crippen LogP contribution in [0.25, 0.3) is 5.69 Å². The van der Waals surface area contributed by atoms with Gasteiger partial charge in [0.25, 0.3) is 0 Å². The number of nitrogens with zero attached hydrogens (tertiary/aromatic N) is 4. The summed E-state index contributed by atoms with van der Waals surface area (Å²) in [6, 6.07) is 14.0. The molecule has 0 radical (unpaired) electrons. The number of anilines is 1. The van der Waals surface area contributed by atoms with Gasteiger partial charge in [0.1, 0.15) is 23.9 Å². The first-order valence-electron chi connectivity index (χ1n) is 13.4. The normalized spacial score (nSPS) is 18.1. The Morgan fingerprint density at radius 3 is 2.46 bits per heavy atom. The first-order valence-corrected chi connectivity index (χ1v) is 14.5. The van der Waals surface area contributed by atoms with E-state index in [0.29, 0.717) is 24.7 Å². The van der Waals surface area contributed by atoms with Crippen molar-refractivity contribution in [2.24, 2.45) is 0 Å². The number of methoxy groups -OCH3 is 1. The molecule has 9 heteroatoms. The summed E-state index contributed by atoms with van der Waals surface area (Å²) in [6.07, 6.45) is 3.06. The zero-order valence-electron chi connectivity index (χ0n) is 22.9. The Hall–Kier alpha value is -3.33. The van der Waals surface area contributed by atoms with Gasteiger partial charge in [-0.15, -0.1) is 11.8 Å². The number of halogens is 1. The number of benzene rings is 2. The zero-order valence-corrected chi connectivity index (χ0v) is 23.8. The highest BCUT2D eigenvalue weighted by molar-refractivity contribution is 8.00. The molecule has 5 rings (SSSR count). The number of amides is 2. The molecule has 1 atom stereocenters. The van der Waals surface area contributed by atoms with Crippen molar-refractivity contribution in [1.29, 1.82) is 0 Å². The van der Waals surface area contributed by atoms with Gasteiger partial charge in [0.15, 0.2) is 0 Å². The molecule has 1 aromatic heterocycles. The van der Waals surface area contributed by atoms with Gasteiger partial charge in [0.05, 0.1) is 29.5 Å². The van der Waals surface area contributed by atoms with Crippen LogP contribution in [0.15, 0.2) is 48.5 Å². The average molecular weight is 551 g/mol. The van der Waals surface area contributed by atoms with Gasteiger partial charge in [-0.1, -0.05) is 32.9 Å². The second-order valence-electron chi connectivity index (χ2n) is 11.1. The molecule has 2 aromatic carbocycles. The van der Waals surface area contributed by atoms with Crippen LogP contribution < -0.4 is 9.64 Å². The molecule has 206 valence electrons. The highest BCUT2D eigenvalue weighted by atomic mass is 32.2. The van der Waals surface area contributed by atoms with Gasteiger partial charge in [-0.2, -0.15) is 5.10 Å². The summed E-state index contributed by atoms with van der Waals surface area (Å²) >= 11 is 1.45. The van der Waals surface area contributed by atoms with Crippen LogP contribution in [0.4, 0.5) is 10.2 Å². The number of rotatable bonds is 5. The van der Waals surface area contributed by atoms with E-state index in [-0.39, 0.29) is 40.6 Å². The minimum absolute atomic E-state index is 0.0618. The van der Waals surface area contributed by atoms with Crippen molar-refractivity contribution in [2.45, 2.75) is 50.7 Å². The number of likely N-dealkylation sites (tertiary alicyclic amines) is 1. The predicted molar refractivity (Wildman–Crippen MR) is 152 cm³/mol. The van der Waals surface area contributed by atoms with Gasteiger partial charge in [-0.05, 0) is 61.2 Å². The van der Waals surface area contributed by atoms with Crippen LogP contribution in [0.3, 0.4) is 0 Å². The third kappa shape index (κ3) is 5.55. The molecule has 2 aliphatic heterocycles. The topological polar surface area (TPSA) is 67.7 Å². The van der Waals surface area contributed by atoms with Crippen LogP contribution in [0.5, 0.6) is 5.75 Å². The molecule has 3 aromatic rings. The molecule has 2 amide bonds. The first kappa shape index (κ1) is 27.2. The van der Waals surface area contributed by atoms with Gasteiger partial charge >= 0.3 is 0 Å². The van der Waals surface area contributed by atoms with E-state index in [4.69, 9.17) is 9.84 Å². The Morgan fingerprint density at radius 2 is 1.82 bits per heavy atom. The molecule has 2 aliphatic rings. The van der Waals surface area contributed by atoms with E-state index in [1.165, 1.54) is 23.9 Å². The van der Waals surface area contributed by atoms with Crippen LogP contribution in [0.2, 0.25) is 0 Å². The van der Waals surface area contributed by atoms with Crippen molar-refractivity contribution < 1.29 is 18.7 Å². The van der Waals surface area contributed by atoms with Gasteiger partial charge < -0.3 is 9.64 Å². The van der Waals surface area contributed by atoms with E-state index < -0.39 is 0 Å². The number of carbonyl (C=O) groups excluding carboxylic acids is 2. The molecule has 1 unspecified atom stereocenters. The molecular formula is C30H35FN4O3S. The third-order valence-corrected chi connectivity index (χ3v) is 8.52. The molecule has 1 saturated heterocycles. The minimum atomic E-state index is -0.385. The van der Waals surface area contributed by atoms with Gasteiger partial charge in [-0.3, -0.25) is 14.5 Å². The molecule has 7 nitrogen and oxygen atoms in total. The smallest absolute Gasteiger partial charge is 0.242 e. The molecule has 39 heavy (non-hydrogen) atoms. The quantitative estimate of drug-likeness (QED) is 0.420. The summed E-state index contributed by atoms with van der Waals surface area (Å²) in [5.74, 6) is 0.870. The Bertz CT molecular complexity index is 1360. The van der Waals surface area contributed by atoms with E-state index in [2.05, 4.69) is 20.8 Å². The summed E-state index contributed by atoms with van der Waals surface area (Å²) in [5, 5.41) is 4.75. The maximum atomic E-state index is 14.4. The van der Waals surface area contributed by atoms with Crippen molar-refractivity contribution >= 4 is 29.4 Å². The number of aromatic nitrogens is 2. The van der Waals surface area contributed by atoms with Crippen molar-refractivity contribution in [1.82, 2.24) is 14.7 Å². The van der Waals surface area contributed by atoms with Gasteiger partial charge in [-0.25, -0.2) is 9.07 Å². The van der Waals surface area contributed by atoms with Crippen LogP contribution >= 0.6 is 11.8 Å². The Balaban J connectivity index is 1.72. The summed E-state index contributed by atoms with van der Waals surface area (Å²) in [5.41, 5.74) is 2.77. The predicted octanol–water partition coefficient (Wildman–Crippen LogP) is 5.50. The number of thioether (sulfide) groups is 1. The average Bonchev–Trinajstić information content (AvgIpc) is 3.27. The number of fused-ring (bicyclic) bond motifs is 1. The number of hydrogen-bond acceptors (Lipinski definition) is 5. The molecule has 0 spiro atoms. The minimum Gasteiger partial charge on any atom is -0.497 e. The van der Waals surface area contributed by atoms with Crippen molar-refractivity contribution in [3.63, 3.8) is 0 Å². The molecule has 1 fully saturated rings. The Kier molecular flexibility index (Phi) is 7.71. The van der Waals surface area contributed by atoms with E-state index in [0.717, 1.165) is 41.8 Å². The second kappa shape index (κ2) is 11.0. The zero-order chi connectivity index (χ0) is 27.7. The number of hydrogen-bond donors (Lipinski definition) is 0. The molecular weight excluding hydrogens is 515 g/mol. The van der Waals surface area contributed by atoms with Crippen LogP contribution in [0, 0.1) is 5.82 Å². The third-order valence-electron chi connectivity index (χ3n) is 7.27.